The SMILES string of the molecule is O=S(=O)(c1ccc(OC(F)(F)F)cc1)N1CCN(C[C@@H](O)COc2cc(Cl)ccc2Cl)CC1. The fourth-order valence-electron chi connectivity index (χ4n) is 3.24. The zero-order valence-electron chi connectivity index (χ0n) is 17.1. The normalized spacial score (nSPS) is 17.0. The highest BCUT2D eigenvalue weighted by molar-refractivity contribution is 7.89. The van der Waals surface area contributed by atoms with E-state index in [1.54, 1.807) is 18.2 Å². The number of sulfonamides is 1. The van der Waals surface area contributed by atoms with Crippen molar-refractivity contribution < 1.29 is 36.2 Å². The molecule has 0 bridgehead atoms. The van der Waals surface area contributed by atoms with Crippen molar-refractivity contribution in [1.29, 1.82) is 0 Å². The van der Waals surface area contributed by atoms with Crippen LogP contribution in [0.5, 0.6) is 11.5 Å². The second kappa shape index (κ2) is 10.7. The van der Waals surface area contributed by atoms with Crippen LogP contribution in [0.1, 0.15) is 0 Å². The standard InChI is InChI=1S/C20H21Cl2F3N2O5S/c21-14-1-6-18(22)19(11-14)31-13-15(28)12-26-7-9-27(10-8-26)33(29,30)17-4-2-16(3-5-17)32-20(23,24)25/h1-6,11,15,28H,7-10,12-13H2/t15-/m1/s1. The van der Waals surface area contributed by atoms with E-state index in [-0.39, 0.29) is 31.1 Å². The number of halogens is 5. The Bertz CT molecular complexity index is 1050. The molecule has 0 aromatic heterocycles. The summed E-state index contributed by atoms with van der Waals surface area (Å²) in [5, 5.41) is 11.1. The van der Waals surface area contributed by atoms with Gasteiger partial charge in [0, 0.05) is 43.8 Å². The molecule has 13 heteroatoms. The van der Waals surface area contributed by atoms with Gasteiger partial charge in [-0.2, -0.15) is 4.31 Å². The van der Waals surface area contributed by atoms with Gasteiger partial charge in [-0.15, -0.1) is 13.2 Å². The summed E-state index contributed by atoms with van der Waals surface area (Å²) >= 11 is 11.9. The van der Waals surface area contributed by atoms with Crippen molar-refractivity contribution in [3.05, 3.63) is 52.5 Å². The van der Waals surface area contributed by atoms with E-state index in [0.29, 0.717) is 28.9 Å². The van der Waals surface area contributed by atoms with Crippen LogP contribution < -0.4 is 9.47 Å². The van der Waals surface area contributed by atoms with E-state index in [1.807, 2.05) is 4.90 Å². The quantitative estimate of drug-likeness (QED) is 0.563. The minimum atomic E-state index is -4.85. The molecule has 0 spiro atoms. The highest BCUT2D eigenvalue weighted by Crippen LogP contribution is 2.28. The summed E-state index contributed by atoms with van der Waals surface area (Å²) in [6.07, 6.45) is -5.70. The van der Waals surface area contributed by atoms with Gasteiger partial charge in [-0.05, 0) is 36.4 Å². The largest absolute Gasteiger partial charge is 0.573 e. The van der Waals surface area contributed by atoms with Crippen LogP contribution in [0.15, 0.2) is 47.4 Å². The summed E-state index contributed by atoms with van der Waals surface area (Å²) in [6.45, 7) is 1.29. The highest BCUT2D eigenvalue weighted by Gasteiger charge is 2.32. The summed E-state index contributed by atoms with van der Waals surface area (Å²) in [6, 6.07) is 8.81. The van der Waals surface area contributed by atoms with Crippen molar-refractivity contribution in [2.45, 2.75) is 17.4 Å². The van der Waals surface area contributed by atoms with Gasteiger partial charge in [-0.25, -0.2) is 8.42 Å². The Balaban J connectivity index is 1.49. The fourth-order valence-corrected chi connectivity index (χ4v) is 5.00. The van der Waals surface area contributed by atoms with Gasteiger partial charge in [0.15, 0.2) is 0 Å². The van der Waals surface area contributed by atoms with Gasteiger partial charge in [-0.1, -0.05) is 23.2 Å². The van der Waals surface area contributed by atoms with Gasteiger partial charge < -0.3 is 14.6 Å². The van der Waals surface area contributed by atoms with E-state index in [9.17, 15) is 26.7 Å². The molecular weight excluding hydrogens is 508 g/mol. The summed E-state index contributed by atoms with van der Waals surface area (Å²) in [5.74, 6) is -0.146. The number of benzene rings is 2. The van der Waals surface area contributed by atoms with Crippen molar-refractivity contribution in [2.75, 3.05) is 39.3 Å². The second-order valence-electron chi connectivity index (χ2n) is 7.26. The summed E-state index contributed by atoms with van der Waals surface area (Å²) in [4.78, 5) is 1.76. The van der Waals surface area contributed by atoms with Crippen LogP contribution in [0, 0.1) is 0 Å². The number of piperazine rings is 1. The molecule has 33 heavy (non-hydrogen) atoms. The molecule has 1 heterocycles. The summed E-state index contributed by atoms with van der Waals surface area (Å²) in [5.41, 5.74) is 0. The van der Waals surface area contributed by atoms with Gasteiger partial charge in [0.1, 0.15) is 24.2 Å². The van der Waals surface area contributed by atoms with Crippen LogP contribution in [0.3, 0.4) is 0 Å². The van der Waals surface area contributed by atoms with Crippen LogP contribution in [-0.4, -0.2) is 74.5 Å². The molecule has 1 fully saturated rings. The number of nitrogens with zero attached hydrogens (tertiary/aromatic N) is 2. The first-order chi connectivity index (χ1) is 15.4. The maximum atomic E-state index is 12.8. The average Bonchev–Trinajstić information content (AvgIpc) is 2.74. The number of rotatable bonds is 8. The summed E-state index contributed by atoms with van der Waals surface area (Å²) in [7, 11) is -3.87. The molecule has 0 radical (unpaired) electrons. The molecule has 2 aromatic rings. The van der Waals surface area contributed by atoms with Crippen molar-refractivity contribution in [2.24, 2.45) is 0 Å². The Hall–Kier alpha value is -1.76. The highest BCUT2D eigenvalue weighted by atomic mass is 35.5. The number of hydrogen-bond donors (Lipinski definition) is 1. The minimum absolute atomic E-state index is 0.0229. The molecule has 0 saturated carbocycles. The Labute approximate surface area is 199 Å². The predicted octanol–water partition coefficient (Wildman–Crippen LogP) is 3.64. The van der Waals surface area contributed by atoms with Crippen molar-refractivity contribution >= 4 is 33.2 Å². The Morgan fingerprint density at radius 1 is 1.03 bits per heavy atom. The number of β-amino-alcohol motifs (C(OH)–C–C–N with tert-alkyl or cyclic N) is 1. The molecule has 0 aliphatic carbocycles. The topological polar surface area (TPSA) is 79.3 Å². The molecule has 1 aliphatic rings. The Morgan fingerprint density at radius 2 is 1.67 bits per heavy atom. The maximum absolute atomic E-state index is 12.8. The lowest BCUT2D eigenvalue weighted by Crippen LogP contribution is -2.50. The molecule has 1 aliphatic heterocycles. The molecule has 1 N–H and O–H groups in total. The molecule has 7 nitrogen and oxygen atoms in total. The molecule has 182 valence electrons. The van der Waals surface area contributed by atoms with Crippen LogP contribution in [0.2, 0.25) is 10.0 Å². The van der Waals surface area contributed by atoms with Crippen LogP contribution in [-0.2, 0) is 10.0 Å². The Morgan fingerprint density at radius 3 is 2.27 bits per heavy atom. The molecular formula is C20H21Cl2F3N2O5S. The number of alkyl halides is 3. The van der Waals surface area contributed by atoms with E-state index in [2.05, 4.69) is 4.74 Å². The van der Waals surface area contributed by atoms with E-state index in [4.69, 9.17) is 27.9 Å². The molecule has 1 atom stereocenters. The zero-order chi connectivity index (χ0) is 24.2. The fraction of sp³-hybridized carbons (Fsp3) is 0.400. The average molecular weight is 529 g/mol. The van der Waals surface area contributed by atoms with Crippen molar-refractivity contribution in [3.63, 3.8) is 0 Å². The van der Waals surface area contributed by atoms with Gasteiger partial charge in [-0.3, -0.25) is 4.90 Å². The third kappa shape index (κ3) is 7.36. The van der Waals surface area contributed by atoms with E-state index < -0.39 is 28.2 Å². The van der Waals surface area contributed by atoms with Crippen LogP contribution in [0.25, 0.3) is 0 Å². The van der Waals surface area contributed by atoms with Crippen molar-refractivity contribution in [1.82, 2.24) is 9.21 Å². The third-order valence-electron chi connectivity index (χ3n) is 4.82. The maximum Gasteiger partial charge on any atom is 0.573 e. The lowest BCUT2D eigenvalue weighted by molar-refractivity contribution is -0.274. The molecule has 3 rings (SSSR count). The van der Waals surface area contributed by atoms with Crippen LogP contribution >= 0.6 is 23.2 Å². The van der Waals surface area contributed by atoms with Crippen molar-refractivity contribution in [3.8, 4) is 11.5 Å². The lowest BCUT2D eigenvalue weighted by atomic mass is 10.3. The first-order valence-corrected chi connectivity index (χ1v) is 12.0. The Kier molecular flexibility index (Phi) is 8.35. The monoisotopic (exact) mass is 528 g/mol. The van der Waals surface area contributed by atoms with Gasteiger partial charge in [0.25, 0.3) is 0 Å². The van der Waals surface area contributed by atoms with Gasteiger partial charge >= 0.3 is 6.36 Å². The minimum Gasteiger partial charge on any atom is -0.489 e. The molecule has 2 aromatic carbocycles. The molecule has 1 saturated heterocycles. The molecule has 0 unspecified atom stereocenters. The van der Waals surface area contributed by atoms with E-state index >= 15 is 0 Å². The number of aliphatic hydroxyl groups excluding tert-OH is 1. The second-order valence-corrected chi connectivity index (χ2v) is 10.0. The number of hydrogen-bond acceptors (Lipinski definition) is 6. The smallest absolute Gasteiger partial charge is 0.489 e. The molecule has 0 amide bonds. The number of ether oxygens (including phenoxy) is 2. The van der Waals surface area contributed by atoms with Crippen LogP contribution in [0.4, 0.5) is 13.2 Å². The van der Waals surface area contributed by atoms with Gasteiger partial charge in [0.2, 0.25) is 10.0 Å². The first-order valence-electron chi connectivity index (χ1n) is 9.78. The number of aliphatic hydroxyl groups is 1. The lowest BCUT2D eigenvalue weighted by Gasteiger charge is -2.34. The van der Waals surface area contributed by atoms with E-state index in [0.717, 1.165) is 24.3 Å². The third-order valence-corrected chi connectivity index (χ3v) is 7.28. The zero-order valence-corrected chi connectivity index (χ0v) is 19.5. The summed E-state index contributed by atoms with van der Waals surface area (Å²) < 4.78 is 72.9. The predicted molar refractivity (Wildman–Crippen MR) is 116 cm³/mol. The van der Waals surface area contributed by atoms with E-state index in [1.165, 1.54) is 4.31 Å². The first kappa shape index (κ1) is 25.9. The van der Waals surface area contributed by atoms with Gasteiger partial charge in [0.05, 0.1) is 9.92 Å².